The highest BCUT2D eigenvalue weighted by atomic mass is 16.5. The largest absolute Gasteiger partial charge is 0.492 e. The molecule has 0 fully saturated rings. The standard InChI is InChI=1S/C21H24N2O4/c1-14-3-8-19-18(11-14)13-23(9-10-27-19)15(2)20(24)22-12-16-4-6-17(7-5-16)21(25)26/h3-8,11,15H,9-10,12-13H2,1-2H3,(H,22,24)(H,25,26). The molecule has 2 aromatic rings. The van der Waals surface area contributed by atoms with Crippen molar-refractivity contribution in [3.63, 3.8) is 0 Å². The van der Waals surface area contributed by atoms with Gasteiger partial charge in [0.15, 0.2) is 0 Å². The van der Waals surface area contributed by atoms with Gasteiger partial charge in [0.25, 0.3) is 0 Å². The van der Waals surface area contributed by atoms with E-state index in [0.29, 0.717) is 26.2 Å². The summed E-state index contributed by atoms with van der Waals surface area (Å²) in [5.74, 6) is -0.138. The maximum atomic E-state index is 12.6. The van der Waals surface area contributed by atoms with E-state index in [1.165, 1.54) is 5.56 Å². The third-order valence-electron chi connectivity index (χ3n) is 4.82. The number of carbonyl (C=O) groups is 2. The normalized spacial score (nSPS) is 15.2. The van der Waals surface area contributed by atoms with Crippen LogP contribution in [0.2, 0.25) is 0 Å². The molecule has 0 radical (unpaired) electrons. The molecule has 0 aromatic heterocycles. The van der Waals surface area contributed by atoms with Crippen LogP contribution < -0.4 is 10.1 Å². The number of benzene rings is 2. The number of hydrogen-bond donors (Lipinski definition) is 2. The summed E-state index contributed by atoms with van der Waals surface area (Å²) in [7, 11) is 0. The molecule has 1 aliphatic rings. The van der Waals surface area contributed by atoms with Crippen molar-refractivity contribution >= 4 is 11.9 Å². The first-order valence-corrected chi connectivity index (χ1v) is 9.00. The summed E-state index contributed by atoms with van der Waals surface area (Å²) in [6, 6.07) is 12.3. The first-order chi connectivity index (χ1) is 12.9. The van der Waals surface area contributed by atoms with Gasteiger partial charge >= 0.3 is 5.97 Å². The number of hydrogen-bond acceptors (Lipinski definition) is 4. The number of rotatable bonds is 5. The Balaban J connectivity index is 1.60. The molecular formula is C21H24N2O4. The minimum Gasteiger partial charge on any atom is -0.492 e. The molecule has 1 amide bonds. The number of nitrogens with one attached hydrogen (secondary N) is 1. The van der Waals surface area contributed by atoms with Crippen LogP contribution >= 0.6 is 0 Å². The number of aryl methyl sites for hydroxylation is 1. The number of nitrogens with zero attached hydrogens (tertiary/aromatic N) is 1. The maximum absolute atomic E-state index is 12.6. The monoisotopic (exact) mass is 368 g/mol. The molecule has 0 spiro atoms. The van der Waals surface area contributed by atoms with Gasteiger partial charge in [0, 0.05) is 25.2 Å². The number of carboxylic acid groups (broad SMARTS) is 1. The second-order valence-corrected chi connectivity index (χ2v) is 6.83. The zero-order valence-corrected chi connectivity index (χ0v) is 15.6. The summed E-state index contributed by atoms with van der Waals surface area (Å²) in [5.41, 5.74) is 3.36. The molecule has 1 unspecified atom stereocenters. The number of fused-ring (bicyclic) bond motifs is 1. The Labute approximate surface area is 158 Å². The van der Waals surface area contributed by atoms with Crippen molar-refractivity contribution in [2.24, 2.45) is 0 Å². The lowest BCUT2D eigenvalue weighted by Crippen LogP contribution is -2.45. The fraction of sp³-hybridized carbons (Fsp3) is 0.333. The second-order valence-electron chi connectivity index (χ2n) is 6.83. The van der Waals surface area contributed by atoms with Crippen LogP contribution in [0.3, 0.4) is 0 Å². The number of ether oxygens (including phenoxy) is 1. The third kappa shape index (κ3) is 4.65. The quantitative estimate of drug-likeness (QED) is 0.848. The molecule has 1 aliphatic heterocycles. The molecule has 6 nitrogen and oxygen atoms in total. The van der Waals surface area contributed by atoms with Crippen LogP contribution in [0.1, 0.15) is 34.0 Å². The van der Waals surface area contributed by atoms with Gasteiger partial charge in [0.2, 0.25) is 5.91 Å². The second kappa shape index (κ2) is 8.22. The minimum absolute atomic E-state index is 0.0617. The molecule has 1 heterocycles. The first kappa shape index (κ1) is 18.9. The molecule has 2 N–H and O–H groups in total. The van der Waals surface area contributed by atoms with E-state index in [1.807, 2.05) is 26.0 Å². The van der Waals surface area contributed by atoms with Gasteiger partial charge in [-0.25, -0.2) is 4.79 Å². The molecule has 142 valence electrons. The predicted molar refractivity (Wildman–Crippen MR) is 102 cm³/mol. The van der Waals surface area contributed by atoms with Crippen LogP contribution in [0.25, 0.3) is 0 Å². The van der Waals surface area contributed by atoms with E-state index in [1.54, 1.807) is 24.3 Å². The molecule has 3 rings (SSSR count). The van der Waals surface area contributed by atoms with Crippen molar-refractivity contribution in [1.82, 2.24) is 10.2 Å². The third-order valence-corrected chi connectivity index (χ3v) is 4.82. The molecule has 0 aliphatic carbocycles. The summed E-state index contributed by atoms with van der Waals surface area (Å²) in [6.45, 7) is 6.19. The maximum Gasteiger partial charge on any atom is 0.335 e. The number of carbonyl (C=O) groups excluding carboxylic acids is 1. The Morgan fingerprint density at radius 2 is 1.96 bits per heavy atom. The number of carboxylic acids is 1. The molecular weight excluding hydrogens is 344 g/mol. The van der Waals surface area contributed by atoms with Crippen molar-refractivity contribution < 1.29 is 19.4 Å². The van der Waals surface area contributed by atoms with Gasteiger partial charge in [-0.3, -0.25) is 9.69 Å². The highest BCUT2D eigenvalue weighted by molar-refractivity contribution is 5.87. The lowest BCUT2D eigenvalue weighted by Gasteiger charge is -2.26. The van der Waals surface area contributed by atoms with Crippen molar-refractivity contribution in [3.8, 4) is 5.75 Å². The average molecular weight is 368 g/mol. The Hall–Kier alpha value is -2.86. The van der Waals surface area contributed by atoms with Crippen molar-refractivity contribution in [2.75, 3.05) is 13.2 Å². The average Bonchev–Trinajstić information content (AvgIpc) is 2.87. The predicted octanol–water partition coefficient (Wildman–Crippen LogP) is 2.59. The Bertz CT molecular complexity index is 833. The zero-order valence-electron chi connectivity index (χ0n) is 15.6. The Kier molecular flexibility index (Phi) is 5.76. The van der Waals surface area contributed by atoms with Crippen LogP contribution in [-0.2, 0) is 17.9 Å². The van der Waals surface area contributed by atoms with Gasteiger partial charge < -0.3 is 15.2 Å². The topological polar surface area (TPSA) is 78.9 Å². The summed E-state index contributed by atoms with van der Waals surface area (Å²) in [4.78, 5) is 25.6. The van der Waals surface area contributed by atoms with Crippen molar-refractivity contribution in [3.05, 3.63) is 64.7 Å². The summed E-state index contributed by atoms with van der Waals surface area (Å²) >= 11 is 0. The number of amides is 1. The summed E-state index contributed by atoms with van der Waals surface area (Å²) < 4.78 is 5.80. The minimum atomic E-state index is -0.960. The highest BCUT2D eigenvalue weighted by Crippen LogP contribution is 2.25. The summed E-state index contributed by atoms with van der Waals surface area (Å²) in [6.07, 6.45) is 0. The lowest BCUT2D eigenvalue weighted by molar-refractivity contribution is -0.126. The fourth-order valence-electron chi connectivity index (χ4n) is 3.14. The molecule has 0 saturated carbocycles. The lowest BCUT2D eigenvalue weighted by atomic mass is 10.1. The zero-order chi connectivity index (χ0) is 19.4. The van der Waals surface area contributed by atoms with E-state index >= 15 is 0 Å². The van der Waals surface area contributed by atoms with Crippen molar-refractivity contribution in [1.29, 1.82) is 0 Å². The van der Waals surface area contributed by atoms with Crippen LogP contribution in [0.5, 0.6) is 5.75 Å². The van der Waals surface area contributed by atoms with E-state index in [-0.39, 0.29) is 17.5 Å². The van der Waals surface area contributed by atoms with Gasteiger partial charge in [0.1, 0.15) is 12.4 Å². The SMILES string of the molecule is Cc1ccc2c(c1)CN(C(C)C(=O)NCc1ccc(C(=O)O)cc1)CCO2. The molecule has 0 saturated heterocycles. The van der Waals surface area contributed by atoms with Crippen molar-refractivity contribution in [2.45, 2.75) is 33.0 Å². The molecule has 1 atom stereocenters. The van der Waals surface area contributed by atoms with E-state index in [9.17, 15) is 9.59 Å². The van der Waals surface area contributed by atoms with Gasteiger partial charge in [-0.05, 0) is 37.6 Å². The Morgan fingerprint density at radius 1 is 1.22 bits per heavy atom. The smallest absolute Gasteiger partial charge is 0.335 e. The highest BCUT2D eigenvalue weighted by Gasteiger charge is 2.24. The summed E-state index contributed by atoms with van der Waals surface area (Å²) in [5, 5.41) is 11.9. The molecule has 27 heavy (non-hydrogen) atoms. The first-order valence-electron chi connectivity index (χ1n) is 9.00. The van der Waals surface area contributed by atoms with E-state index < -0.39 is 5.97 Å². The van der Waals surface area contributed by atoms with E-state index in [2.05, 4.69) is 16.3 Å². The van der Waals surface area contributed by atoms with Gasteiger partial charge in [-0.15, -0.1) is 0 Å². The molecule has 6 heteroatoms. The Morgan fingerprint density at radius 3 is 2.67 bits per heavy atom. The van der Waals surface area contributed by atoms with Gasteiger partial charge in [-0.2, -0.15) is 0 Å². The van der Waals surface area contributed by atoms with Crippen LogP contribution in [0.15, 0.2) is 42.5 Å². The molecule has 0 bridgehead atoms. The van der Waals surface area contributed by atoms with Crippen LogP contribution in [0, 0.1) is 6.92 Å². The van der Waals surface area contributed by atoms with E-state index in [4.69, 9.17) is 9.84 Å². The van der Waals surface area contributed by atoms with Gasteiger partial charge in [-0.1, -0.05) is 29.8 Å². The number of aromatic carboxylic acids is 1. The molecule has 2 aromatic carbocycles. The van der Waals surface area contributed by atoms with Gasteiger partial charge in [0.05, 0.1) is 11.6 Å². The van der Waals surface area contributed by atoms with Crippen LogP contribution in [-0.4, -0.2) is 41.1 Å². The van der Waals surface area contributed by atoms with E-state index in [0.717, 1.165) is 16.9 Å². The van der Waals surface area contributed by atoms with Crippen LogP contribution in [0.4, 0.5) is 0 Å². The fourth-order valence-corrected chi connectivity index (χ4v) is 3.14.